The molecular weight excluding hydrogens is 127 g/mol. The van der Waals surface area contributed by atoms with Gasteiger partial charge in [-0.1, -0.05) is 39.0 Å². The maximum atomic E-state index is 12.1. The molecule has 0 amide bonds. The second kappa shape index (κ2) is 7.04. The maximum absolute atomic E-state index is 12.1. The van der Waals surface area contributed by atoms with Gasteiger partial charge in [0.2, 0.25) is 0 Å². The Morgan fingerprint density at radius 2 is 1.70 bits per heavy atom. The number of alkyl halides is 1. The van der Waals surface area contributed by atoms with Gasteiger partial charge in [-0.05, 0) is 13.3 Å². The summed E-state index contributed by atoms with van der Waals surface area (Å²) in [5, 5.41) is 0. The Morgan fingerprint density at radius 3 is 2.20 bits per heavy atom. The van der Waals surface area contributed by atoms with Crippen molar-refractivity contribution in [3.05, 3.63) is 13.8 Å². The van der Waals surface area contributed by atoms with Gasteiger partial charge in [0.1, 0.15) is 6.17 Å². The van der Waals surface area contributed by atoms with Gasteiger partial charge in [-0.25, -0.2) is 4.39 Å². The lowest BCUT2D eigenvalue weighted by Crippen LogP contribution is -1.91. The average Bonchev–Trinajstić information content (AvgIpc) is 1.87. The van der Waals surface area contributed by atoms with E-state index in [0.717, 1.165) is 19.3 Å². The van der Waals surface area contributed by atoms with Crippen molar-refractivity contribution in [2.24, 2.45) is 0 Å². The molecule has 0 aliphatic heterocycles. The molecule has 2 radical (unpaired) electrons. The van der Waals surface area contributed by atoms with Crippen LogP contribution in [0.5, 0.6) is 0 Å². The Hall–Kier alpha value is -0.0700. The summed E-state index contributed by atoms with van der Waals surface area (Å²) in [5.74, 6) is 0. The van der Waals surface area contributed by atoms with Gasteiger partial charge in [-0.15, -0.1) is 0 Å². The Kier molecular flexibility index (Phi) is 6.99. The summed E-state index contributed by atoms with van der Waals surface area (Å²) in [5.41, 5.74) is 0. The molecule has 0 heterocycles. The van der Waals surface area contributed by atoms with Crippen LogP contribution in [0, 0.1) is 13.8 Å². The lowest BCUT2D eigenvalue weighted by atomic mass is 10.1. The SMILES string of the molecule is [CH2]CCCCCCC([CH2])F. The summed E-state index contributed by atoms with van der Waals surface area (Å²) < 4.78 is 12.1. The molecule has 1 unspecified atom stereocenters. The molecule has 0 nitrogen and oxygen atoms in total. The first kappa shape index (κ1) is 9.93. The molecule has 1 atom stereocenters. The highest BCUT2D eigenvalue weighted by atomic mass is 19.1. The fraction of sp³-hybridized carbons (Fsp3) is 0.778. The Bertz CT molecular complexity index is 59.7. The summed E-state index contributed by atoms with van der Waals surface area (Å²) >= 11 is 0. The lowest BCUT2D eigenvalue weighted by Gasteiger charge is -2.00. The Morgan fingerprint density at radius 1 is 1.10 bits per heavy atom. The van der Waals surface area contributed by atoms with Gasteiger partial charge in [-0.3, -0.25) is 0 Å². The molecule has 0 saturated heterocycles. The third-order valence-electron chi connectivity index (χ3n) is 1.52. The van der Waals surface area contributed by atoms with E-state index < -0.39 is 6.17 Å². The number of rotatable bonds is 6. The molecule has 0 aliphatic rings. The van der Waals surface area contributed by atoms with Crippen LogP contribution in [0.15, 0.2) is 0 Å². The predicted octanol–water partition coefficient (Wildman–Crippen LogP) is 3.33. The van der Waals surface area contributed by atoms with Crippen LogP contribution in [0.3, 0.4) is 0 Å². The summed E-state index contributed by atoms with van der Waals surface area (Å²) in [6, 6.07) is 0. The van der Waals surface area contributed by atoms with Gasteiger partial charge < -0.3 is 0 Å². The van der Waals surface area contributed by atoms with Crippen molar-refractivity contribution >= 4 is 0 Å². The molecular formula is C9H17F. The highest BCUT2D eigenvalue weighted by molar-refractivity contribution is 4.57. The quantitative estimate of drug-likeness (QED) is 0.501. The number of halogens is 1. The van der Waals surface area contributed by atoms with Crippen molar-refractivity contribution in [1.29, 1.82) is 0 Å². The smallest absolute Gasteiger partial charge is 0.100 e. The normalized spacial score (nSPS) is 13.5. The molecule has 0 fully saturated rings. The van der Waals surface area contributed by atoms with Gasteiger partial charge in [0, 0.05) is 0 Å². The first-order valence-electron chi connectivity index (χ1n) is 4.03. The first-order valence-corrected chi connectivity index (χ1v) is 4.03. The summed E-state index contributed by atoms with van der Waals surface area (Å²) in [6.45, 7) is 7.01. The van der Waals surface area contributed by atoms with Crippen molar-refractivity contribution < 1.29 is 4.39 Å². The highest BCUT2D eigenvalue weighted by Crippen LogP contribution is 2.07. The molecule has 0 spiro atoms. The van der Waals surface area contributed by atoms with Crippen LogP contribution < -0.4 is 0 Å². The molecule has 60 valence electrons. The van der Waals surface area contributed by atoms with Gasteiger partial charge in [0.25, 0.3) is 0 Å². The van der Waals surface area contributed by atoms with Crippen molar-refractivity contribution in [2.45, 2.75) is 44.7 Å². The molecule has 0 rings (SSSR count). The molecule has 0 N–H and O–H groups in total. The van der Waals surface area contributed by atoms with E-state index in [9.17, 15) is 4.39 Å². The minimum atomic E-state index is -0.861. The summed E-state index contributed by atoms with van der Waals surface area (Å²) in [7, 11) is 0. The Balaban J connectivity index is 2.77. The zero-order valence-electron chi connectivity index (χ0n) is 6.61. The number of hydrogen-bond acceptors (Lipinski definition) is 0. The lowest BCUT2D eigenvalue weighted by molar-refractivity contribution is 0.362. The van der Waals surface area contributed by atoms with E-state index >= 15 is 0 Å². The van der Waals surface area contributed by atoms with Crippen molar-refractivity contribution in [3.8, 4) is 0 Å². The minimum Gasteiger partial charge on any atom is -0.247 e. The second-order valence-corrected chi connectivity index (χ2v) is 2.65. The van der Waals surface area contributed by atoms with Crippen molar-refractivity contribution in [1.82, 2.24) is 0 Å². The fourth-order valence-corrected chi connectivity index (χ4v) is 0.896. The second-order valence-electron chi connectivity index (χ2n) is 2.65. The maximum Gasteiger partial charge on any atom is 0.100 e. The van der Waals surface area contributed by atoms with Crippen LogP contribution in [0.25, 0.3) is 0 Å². The molecule has 0 aromatic rings. The fourth-order valence-electron chi connectivity index (χ4n) is 0.896. The van der Waals surface area contributed by atoms with E-state index in [0.29, 0.717) is 6.42 Å². The topological polar surface area (TPSA) is 0 Å². The van der Waals surface area contributed by atoms with Gasteiger partial charge in [0.15, 0.2) is 0 Å². The number of unbranched alkanes of at least 4 members (excludes halogenated alkanes) is 4. The van der Waals surface area contributed by atoms with Crippen LogP contribution in [-0.4, -0.2) is 6.17 Å². The van der Waals surface area contributed by atoms with Crippen LogP contribution >= 0.6 is 0 Å². The van der Waals surface area contributed by atoms with Crippen molar-refractivity contribution in [3.63, 3.8) is 0 Å². The van der Waals surface area contributed by atoms with E-state index in [1.807, 2.05) is 0 Å². The zero-order valence-corrected chi connectivity index (χ0v) is 6.61. The third-order valence-corrected chi connectivity index (χ3v) is 1.52. The summed E-state index contributed by atoms with van der Waals surface area (Å²) in [4.78, 5) is 0. The molecule has 0 bridgehead atoms. The average molecular weight is 144 g/mol. The van der Waals surface area contributed by atoms with Gasteiger partial charge >= 0.3 is 0 Å². The highest BCUT2D eigenvalue weighted by Gasteiger charge is 1.96. The molecule has 0 aliphatic carbocycles. The van der Waals surface area contributed by atoms with E-state index in [1.54, 1.807) is 0 Å². The monoisotopic (exact) mass is 144 g/mol. The van der Waals surface area contributed by atoms with Gasteiger partial charge in [-0.2, -0.15) is 0 Å². The predicted molar refractivity (Wildman–Crippen MR) is 43.3 cm³/mol. The zero-order chi connectivity index (χ0) is 7.82. The molecule has 0 aromatic carbocycles. The van der Waals surface area contributed by atoms with Gasteiger partial charge in [0.05, 0.1) is 0 Å². The largest absolute Gasteiger partial charge is 0.247 e. The van der Waals surface area contributed by atoms with Crippen molar-refractivity contribution in [2.75, 3.05) is 0 Å². The Labute approximate surface area is 63.8 Å². The third kappa shape index (κ3) is 7.93. The van der Waals surface area contributed by atoms with E-state index in [1.165, 1.54) is 12.8 Å². The molecule has 1 heteroatoms. The molecule has 10 heavy (non-hydrogen) atoms. The first-order chi connectivity index (χ1) is 4.77. The summed E-state index contributed by atoms with van der Waals surface area (Å²) in [6.07, 6.45) is 5.24. The van der Waals surface area contributed by atoms with E-state index in [-0.39, 0.29) is 0 Å². The van der Waals surface area contributed by atoms with Crippen LogP contribution in [0.4, 0.5) is 4.39 Å². The van der Waals surface area contributed by atoms with Crippen LogP contribution in [0.1, 0.15) is 38.5 Å². The molecule has 0 aromatic heterocycles. The van der Waals surface area contributed by atoms with Crippen LogP contribution in [0.2, 0.25) is 0 Å². The van der Waals surface area contributed by atoms with Crippen LogP contribution in [-0.2, 0) is 0 Å². The standard InChI is InChI=1S/C9H17F/c1-3-4-5-6-7-8-9(2)10/h9H,1-8H2. The molecule has 0 saturated carbocycles. The number of hydrogen-bond donors (Lipinski definition) is 0. The minimum absolute atomic E-state index is 0.622. The van der Waals surface area contributed by atoms with E-state index in [4.69, 9.17) is 0 Å². The van der Waals surface area contributed by atoms with E-state index in [2.05, 4.69) is 13.8 Å².